The number of carbonyl (C=O) groups is 2. The third-order valence-corrected chi connectivity index (χ3v) is 8.37. The molecular weight excluding hydrogens is 540 g/mol. The van der Waals surface area contributed by atoms with Gasteiger partial charge in [0.05, 0.1) is 12.8 Å². The molecule has 0 aromatic heterocycles. The number of fused-ring (bicyclic) bond motifs is 2. The highest BCUT2D eigenvalue weighted by atomic mass is 35.5. The molecule has 0 spiro atoms. The Balaban J connectivity index is 1.37. The predicted octanol–water partition coefficient (Wildman–Crippen LogP) is 8.71. The van der Waals surface area contributed by atoms with Gasteiger partial charge in [-0.25, -0.2) is 0 Å². The molecule has 0 amide bonds. The van der Waals surface area contributed by atoms with Crippen molar-refractivity contribution in [2.45, 2.75) is 115 Å². The summed E-state index contributed by atoms with van der Waals surface area (Å²) in [7, 11) is 0. The van der Waals surface area contributed by atoms with Crippen LogP contribution in [0.4, 0.5) is 0 Å². The summed E-state index contributed by atoms with van der Waals surface area (Å²) in [5.74, 6) is 0.856. The van der Waals surface area contributed by atoms with E-state index >= 15 is 0 Å². The first kappa shape index (κ1) is 29.5. The van der Waals surface area contributed by atoms with E-state index in [-0.39, 0.29) is 37.0 Å². The van der Waals surface area contributed by atoms with Gasteiger partial charge in [-0.1, -0.05) is 48.7 Å². The van der Waals surface area contributed by atoms with E-state index in [0.29, 0.717) is 16.5 Å². The van der Waals surface area contributed by atoms with Crippen LogP contribution in [-0.4, -0.2) is 36.4 Å². The van der Waals surface area contributed by atoms with E-state index in [1.165, 1.54) is 12.8 Å². The number of hydrogen-bond donors (Lipinski definition) is 0. The van der Waals surface area contributed by atoms with Crippen molar-refractivity contribution in [1.82, 2.24) is 0 Å². The first-order chi connectivity index (χ1) is 19.9. The Bertz CT molecular complexity index is 1360. The van der Waals surface area contributed by atoms with E-state index in [1.807, 2.05) is 56.3 Å². The normalized spacial score (nSPS) is 18.1. The molecule has 2 unspecified atom stereocenters. The molecule has 7 heteroatoms. The van der Waals surface area contributed by atoms with Crippen molar-refractivity contribution in [1.29, 1.82) is 0 Å². The van der Waals surface area contributed by atoms with E-state index in [0.717, 1.165) is 72.9 Å². The minimum absolute atomic E-state index is 0.0160. The lowest BCUT2D eigenvalue weighted by Crippen LogP contribution is -2.25. The molecule has 6 nitrogen and oxygen atoms in total. The molecule has 220 valence electrons. The predicted molar refractivity (Wildman–Crippen MR) is 162 cm³/mol. The number of esters is 2. The van der Waals surface area contributed by atoms with Gasteiger partial charge in [-0.15, -0.1) is 0 Å². The van der Waals surface area contributed by atoms with Crippen molar-refractivity contribution in [2.24, 2.45) is 0 Å². The minimum atomic E-state index is -0.406. The van der Waals surface area contributed by atoms with Crippen LogP contribution in [-0.2, 0) is 19.1 Å². The molecule has 41 heavy (non-hydrogen) atoms. The summed E-state index contributed by atoms with van der Waals surface area (Å²) >= 11 is 6.46. The van der Waals surface area contributed by atoms with Gasteiger partial charge in [0, 0.05) is 26.6 Å². The molecule has 0 bridgehead atoms. The van der Waals surface area contributed by atoms with Crippen LogP contribution < -0.4 is 9.47 Å². The zero-order chi connectivity index (χ0) is 28.8. The van der Waals surface area contributed by atoms with Gasteiger partial charge < -0.3 is 18.9 Å². The third kappa shape index (κ3) is 7.65. The highest BCUT2D eigenvalue weighted by molar-refractivity contribution is 6.31. The maximum absolute atomic E-state index is 12.7. The Hall–Kier alpha value is -2.99. The van der Waals surface area contributed by atoms with Crippen molar-refractivity contribution in [3.05, 3.63) is 47.5 Å². The van der Waals surface area contributed by atoms with E-state index in [1.54, 1.807) is 0 Å². The highest BCUT2D eigenvalue weighted by Crippen LogP contribution is 2.44. The summed E-state index contributed by atoms with van der Waals surface area (Å²) in [4.78, 5) is 25.4. The second-order valence-electron chi connectivity index (χ2n) is 11.7. The molecule has 0 N–H and O–H groups in total. The second kappa shape index (κ2) is 13.8. The molecule has 0 radical (unpaired) electrons. The fourth-order valence-corrected chi connectivity index (χ4v) is 6.29. The SMILES string of the molecule is CC(CC(=O)OC1CCCCC1)Oc1c2ccccc2c(OC(C)CC(=O)OC2CCCCC2)c2cc(Cl)ccc12. The summed E-state index contributed by atoms with van der Waals surface area (Å²) in [6.07, 6.45) is 10.2. The van der Waals surface area contributed by atoms with Crippen LogP contribution in [0.25, 0.3) is 21.5 Å². The van der Waals surface area contributed by atoms with Crippen LogP contribution in [0.1, 0.15) is 90.9 Å². The van der Waals surface area contributed by atoms with E-state index < -0.39 is 12.2 Å². The molecule has 2 aliphatic rings. The molecular formula is C34H41ClO6. The van der Waals surface area contributed by atoms with Gasteiger partial charge >= 0.3 is 11.9 Å². The molecule has 3 aromatic rings. The molecule has 2 aliphatic carbocycles. The Labute approximate surface area is 247 Å². The summed E-state index contributed by atoms with van der Waals surface area (Å²) in [6.45, 7) is 3.78. The van der Waals surface area contributed by atoms with Gasteiger partial charge in [-0.05, 0) is 83.4 Å². The first-order valence-electron chi connectivity index (χ1n) is 15.2. The maximum Gasteiger partial charge on any atom is 0.309 e. The Kier molecular flexibility index (Phi) is 9.92. The summed E-state index contributed by atoms with van der Waals surface area (Å²) in [5.41, 5.74) is 0. The van der Waals surface area contributed by atoms with Crippen LogP contribution in [0, 0.1) is 0 Å². The molecule has 2 atom stereocenters. The van der Waals surface area contributed by atoms with Crippen LogP contribution >= 0.6 is 11.6 Å². The lowest BCUT2D eigenvalue weighted by molar-refractivity contribution is -0.153. The molecule has 0 saturated heterocycles. The van der Waals surface area contributed by atoms with Crippen molar-refractivity contribution >= 4 is 45.1 Å². The average Bonchev–Trinajstić information content (AvgIpc) is 2.95. The number of halogens is 1. The van der Waals surface area contributed by atoms with Gasteiger partial charge in [0.2, 0.25) is 0 Å². The van der Waals surface area contributed by atoms with E-state index in [2.05, 4.69) is 0 Å². The quantitative estimate of drug-likeness (QED) is 0.176. The Morgan fingerprint density at radius 1 is 0.683 bits per heavy atom. The zero-order valence-electron chi connectivity index (χ0n) is 24.2. The minimum Gasteiger partial charge on any atom is -0.489 e. The number of benzene rings is 3. The Morgan fingerprint density at radius 3 is 1.61 bits per heavy atom. The van der Waals surface area contributed by atoms with Crippen molar-refractivity contribution in [3.63, 3.8) is 0 Å². The van der Waals surface area contributed by atoms with Crippen LogP contribution in [0.5, 0.6) is 11.5 Å². The molecule has 0 heterocycles. The molecule has 2 fully saturated rings. The average molecular weight is 581 g/mol. The smallest absolute Gasteiger partial charge is 0.309 e. The molecule has 5 rings (SSSR count). The maximum atomic E-state index is 12.7. The second-order valence-corrected chi connectivity index (χ2v) is 12.1. The Morgan fingerprint density at radius 2 is 1.12 bits per heavy atom. The fourth-order valence-electron chi connectivity index (χ4n) is 6.11. The van der Waals surface area contributed by atoms with Gasteiger partial charge in [-0.2, -0.15) is 0 Å². The summed E-state index contributed by atoms with van der Waals surface area (Å²) in [5, 5.41) is 3.89. The lowest BCUT2D eigenvalue weighted by Gasteiger charge is -2.25. The molecule has 0 aliphatic heterocycles. The van der Waals surface area contributed by atoms with Crippen molar-refractivity contribution in [2.75, 3.05) is 0 Å². The van der Waals surface area contributed by atoms with Crippen molar-refractivity contribution in [3.8, 4) is 11.5 Å². The van der Waals surface area contributed by atoms with Gasteiger partial charge in [0.15, 0.2) is 0 Å². The monoisotopic (exact) mass is 580 g/mol. The lowest BCUT2D eigenvalue weighted by atomic mass is 9.98. The van der Waals surface area contributed by atoms with Crippen LogP contribution in [0.15, 0.2) is 42.5 Å². The van der Waals surface area contributed by atoms with Crippen LogP contribution in [0.3, 0.4) is 0 Å². The fraction of sp³-hybridized carbons (Fsp3) is 0.529. The number of carbonyl (C=O) groups excluding carboxylic acids is 2. The summed E-state index contributed by atoms with van der Waals surface area (Å²) < 4.78 is 24.4. The van der Waals surface area contributed by atoms with E-state index in [4.69, 9.17) is 30.5 Å². The number of hydrogen-bond acceptors (Lipinski definition) is 6. The number of rotatable bonds is 10. The summed E-state index contributed by atoms with van der Waals surface area (Å²) in [6, 6.07) is 13.5. The number of ether oxygens (including phenoxy) is 4. The third-order valence-electron chi connectivity index (χ3n) is 8.13. The highest BCUT2D eigenvalue weighted by Gasteiger charge is 2.24. The standard InChI is InChI=1S/C34H41ClO6/c1-22(19-31(36)40-25-11-5-3-6-12-25)38-33-27-15-9-10-16-28(27)34(30-21-24(35)17-18-29(30)33)39-23(2)20-32(37)41-26-13-7-4-8-14-26/h9-10,15-18,21-23,25-26H,3-8,11-14,19-20H2,1-2H3. The van der Waals surface area contributed by atoms with Gasteiger partial charge in [-0.3, -0.25) is 9.59 Å². The molecule has 3 aromatic carbocycles. The first-order valence-corrected chi connectivity index (χ1v) is 15.6. The van der Waals surface area contributed by atoms with E-state index in [9.17, 15) is 9.59 Å². The van der Waals surface area contributed by atoms with Crippen LogP contribution in [0.2, 0.25) is 5.02 Å². The zero-order valence-corrected chi connectivity index (χ0v) is 24.9. The van der Waals surface area contributed by atoms with Gasteiger partial charge in [0.25, 0.3) is 0 Å². The van der Waals surface area contributed by atoms with Crippen molar-refractivity contribution < 1.29 is 28.5 Å². The van der Waals surface area contributed by atoms with Gasteiger partial charge in [0.1, 0.15) is 35.9 Å². The molecule has 2 saturated carbocycles. The topological polar surface area (TPSA) is 71.1 Å². The largest absolute Gasteiger partial charge is 0.489 e.